The number of halogens is 1. The van der Waals surface area contributed by atoms with Crippen molar-refractivity contribution in [2.45, 2.75) is 31.9 Å². The number of nitrogens with zero attached hydrogens (tertiary/aromatic N) is 3. The van der Waals surface area contributed by atoms with Crippen molar-refractivity contribution in [3.63, 3.8) is 0 Å². The fourth-order valence-electron chi connectivity index (χ4n) is 3.55. The van der Waals surface area contributed by atoms with Gasteiger partial charge in [0.05, 0.1) is 17.4 Å². The van der Waals surface area contributed by atoms with Crippen LogP contribution < -0.4 is 4.74 Å². The van der Waals surface area contributed by atoms with Gasteiger partial charge in [-0.25, -0.2) is 4.39 Å². The highest BCUT2D eigenvalue weighted by Gasteiger charge is 2.19. The van der Waals surface area contributed by atoms with E-state index in [1.807, 2.05) is 16.8 Å². The molecule has 0 saturated carbocycles. The van der Waals surface area contributed by atoms with Crippen LogP contribution >= 0.6 is 0 Å². The summed E-state index contributed by atoms with van der Waals surface area (Å²) in [4.78, 5) is 2.36. The van der Waals surface area contributed by atoms with Gasteiger partial charge >= 0.3 is 0 Å². The van der Waals surface area contributed by atoms with Gasteiger partial charge in [-0.2, -0.15) is 0 Å². The number of fused-ring (bicyclic) bond motifs is 1. The Morgan fingerprint density at radius 2 is 1.88 bits per heavy atom. The van der Waals surface area contributed by atoms with Gasteiger partial charge in [0.1, 0.15) is 11.9 Å². The molecule has 0 amide bonds. The minimum atomic E-state index is -0.221. The summed E-state index contributed by atoms with van der Waals surface area (Å²) < 4.78 is 21.4. The standard InChI is InChI=1S/C21H24FN3O/c1-24-13-4-5-18(12-14-24)26-21-19-6-2-3-7-20(19)25(23-21)15-16-8-10-17(22)11-9-16/h2-3,6-11,18H,4-5,12-15H2,1H3. The maximum atomic E-state index is 13.2. The van der Waals surface area contributed by atoms with E-state index in [-0.39, 0.29) is 11.9 Å². The number of rotatable bonds is 4. The van der Waals surface area contributed by atoms with Crippen molar-refractivity contribution in [3.05, 3.63) is 59.9 Å². The Balaban J connectivity index is 1.60. The van der Waals surface area contributed by atoms with Crippen LogP contribution in [0.1, 0.15) is 24.8 Å². The van der Waals surface area contributed by atoms with E-state index in [0.717, 1.165) is 48.8 Å². The van der Waals surface area contributed by atoms with Crippen molar-refractivity contribution in [3.8, 4) is 5.88 Å². The molecular formula is C21H24FN3O. The summed E-state index contributed by atoms with van der Waals surface area (Å²) in [5.41, 5.74) is 2.06. The zero-order valence-corrected chi connectivity index (χ0v) is 15.1. The summed E-state index contributed by atoms with van der Waals surface area (Å²) in [6, 6.07) is 14.7. The molecule has 2 aromatic carbocycles. The van der Waals surface area contributed by atoms with Crippen molar-refractivity contribution >= 4 is 10.9 Å². The minimum Gasteiger partial charge on any atom is -0.473 e. The van der Waals surface area contributed by atoms with E-state index in [2.05, 4.69) is 24.1 Å². The molecule has 4 nitrogen and oxygen atoms in total. The predicted molar refractivity (Wildman–Crippen MR) is 101 cm³/mol. The molecule has 1 aliphatic rings. The lowest BCUT2D eigenvalue weighted by Gasteiger charge is -2.15. The van der Waals surface area contributed by atoms with Crippen LogP contribution in [0.2, 0.25) is 0 Å². The van der Waals surface area contributed by atoms with Gasteiger partial charge in [-0.05, 0) is 62.7 Å². The Morgan fingerprint density at radius 1 is 1.08 bits per heavy atom. The smallest absolute Gasteiger partial charge is 0.241 e. The first-order valence-corrected chi connectivity index (χ1v) is 9.24. The van der Waals surface area contributed by atoms with Gasteiger partial charge in [0, 0.05) is 6.54 Å². The van der Waals surface area contributed by atoms with Gasteiger partial charge < -0.3 is 9.64 Å². The Hall–Kier alpha value is -2.40. The fraction of sp³-hybridized carbons (Fsp3) is 0.381. The lowest BCUT2D eigenvalue weighted by atomic mass is 10.1. The van der Waals surface area contributed by atoms with E-state index in [4.69, 9.17) is 9.84 Å². The topological polar surface area (TPSA) is 30.3 Å². The van der Waals surface area contributed by atoms with Gasteiger partial charge in [0.25, 0.3) is 0 Å². The number of para-hydroxylation sites is 1. The third kappa shape index (κ3) is 3.73. The SMILES string of the molecule is CN1CCCC(Oc2nn(Cc3ccc(F)cc3)c3ccccc23)CC1. The molecule has 1 aliphatic heterocycles. The summed E-state index contributed by atoms with van der Waals surface area (Å²) in [5, 5.41) is 5.77. The van der Waals surface area contributed by atoms with Crippen molar-refractivity contribution in [1.29, 1.82) is 0 Å². The van der Waals surface area contributed by atoms with Crippen LogP contribution in [-0.2, 0) is 6.54 Å². The van der Waals surface area contributed by atoms with Gasteiger partial charge in [-0.15, -0.1) is 5.10 Å². The average molecular weight is 353 g/mol. The number of hydrogen-bond acceptors (Lipinski definition) is 3. The van der Waals surface area contributed by atoms with E-state index >= 15 is 0 Å². The Kier molecular flexibility index (Phi) is 4.89. The first-order chi connectivity index (χ1) is 12.7. The summed E-state index contributed by atoms with van der Waals surface area (Å²) >= 11 is 0. The molecule has 1 atom stereocenters. The molecule has 26 heavy (non-hydrogen) atoms. The zero-order valence-electron chi connectivity index (χ0n) is 15.1. The third-order valence-electron chi connectivity index (χ3n) is 5.05. The molecule has 2 heterocycles. The average Bonchev–Trinajstić information content (AvgIpc) is 2.84. The first-order valence-electron chi connectivity index (χ1n) is 9.24. The molecule has 0 N–H and O–H groups in total. The van der Waals surface area contributed by atoms with E-state index < -0.39 is 0 Å². The second kappa shape index (κ2) is 7.46. The van der Waals surface area contributed by atoms with E-state index in [1.54, 1.807) is 12.1 Å². The first kappa shape index (κ1) is 17.0. The predicted octanol–water partition coefficient (Wildman–Crippen LogP) is 4.09. The lowest BCUT2D eigenvalue weighted by Crippen LogP contribution is -2.21. The maximum absolute atomic E-state index is 13.2. The maximum Gasteiger partial charge on any atom is 0.241 e. The highest BCUT2D eigenvalue weighted by Crippen LogP contribution is 2.28. The van der Waals surface area contributed by atoms with Gasteiger partial charge in [0.15, 0.2) is 0 Å². The molecule has 1 fully saturated rings. The van der Waals surface area contributed by atoms with E-state index in [1.165, 1.54) is 12.1 Å². The molecule has 4 rings (SSSR count). The van der Waals surface area contributed by atoms with Crippen molar-refractivity contribution in [1.82, 2.24) is 14.7 Å². The van der Waals surface area contributed by atoms with Crippen LogP contribution in [0.25, 0.3) is 10.9 Å². The molecule has 136 valence electrons. The van der Waals surface area contributed by atoms with Gasteiger partial charge in [0.2, 0.25) is 5.88 Å². The van der Waals surface area contributed by atoms with Crippen LogP contribution in [-0.4, -0.2) is 40.9 Å². The Labute approximate surface area is 153 Å². The van der Waals surface area contributed by atoms with Gasteiger partial charge in [-0.1, -0.05) is 24.3 Å². The van der Waals surface area contributed by atoms with Crippen LogP contribution in [0.3, 0.4) is 0 Å². The number of likely N-dealkylation sites (tertiary alicyclic amines) is 1. The normalized spacial score (nSPS) is 18.8. The van der Waals surface area contributed by atoms with Gasteiger partial charge in [-0.3, -0.25) is 4.68 Å². The van der Waals surface area contributed by atoms with Crippen LogP contribution in [0.5, 0.6) is 5.88 Å². The Bertz CT molecular complexity index is 875. The molecule has 0 radical (unpaired) electrons. The van der Waals surface area contributed by atoms with E-state index in [0.29, 0.717) is 12.4 Å². The molecule has 3 aromatic rings. The molecule has 0 bridgehead atoms. The quantitative estimate of drug-likeness (QED) is 0.708. The second-order valence-electron chi connectivity index (χ2n) is 7.08. The lowest BCUT2D eigenvalue weighted by molar-refractivity contribution is 0.176. The van der Waals surface area contributed by atoms with Crippen LogP contribution in [0, 0.1) is 5.82 Å². The highest BCUT2D eigenvalue weighted by atomic mass is 19.1. The Morgan fingerprint density at radius 3 is 2.73 bits per heavy atom. The molecule has 5 heteroatoms. The molecule has 1 aromatic heterocycles. The van der Waals surface area contributed by atoms with Crippen LogP contribution in [0.4, 0.5) is 4.39 Å². The molecule has 0 spiro atoms. The number of ether oxygens (including phenoxy) is 1. The summed E-state index contributed by atoms with van der Waals surface area (Å²) in [7, 11) is 2.16. The molecular weight excluding hydrogens is 329 g/mol. The minimum absolute atomic E-state index is 0.206. The van der Waals surface area contributed by atoms with Crippen molar-refractivity contribution in [2.75, 3.05) is 20.1 Å². The van der Waals surface area contributed by atoms with Crippen LogP contribution in [0.15, 0.2) is 48.5 Å². The highest BCUT2D eigenvalue weighted by molar-refractivity contribution is 5.84. The zero-order chi connectivity index (χ0) is 17.9. The summed E-state index contributed by atoms with van der Waals surface area (Å²) in [5.74, 6) is 0.485. The monoisotopic (exact) mass is 353 g/mol. The van der Waals surface area contributed by atoms with Crippen molar-refractivity contribution in [2.24, 2.45) is 0 Å². The second-order valence-corrected chi connectivity index (χ2v) is 7.08. The van der Waals surface area contributed by atoms with E-state index in [9.17, 15) is 4.39 Å². The molecule has 0 aliphatic carbocycles. The number of hydrogen-bond donors (Lipinski definition) is 0. The number of aromatic nitrogens is 2. The summed E-state index contributed by atoms with van der Waals surface area (Å²) in [6.07, 6.45) is 3.44. The van der Waals surface area contributed by atoms with Crippen molar-refractivity contribution < 1.29 is 9.13 Å². The molecule has 1 unspecified atom stereocenters. The fourth-order valence-corrected chi connectivity index (χ4v) is 3.55. The largest absolute Gasteiger partial charge is 0.473 e. The summed E-state index contributed by atoms with van der Waals surface area (Å²) in [6.45, 7) is 2.77. The molecule has 1 saturated heterocycles. The number of benzene rings is 2. The third-order valence-corrected chi connectivity index (χ3v) is 5.05.